The van der Waals surface area contributed by atoms with Crippen molar-refractivity contribution in [2.24, 2.45) is 0 Å². The maximum atomic E-state index is 12.2. The third kappa shape index (κ3) is 4.58. The number of aryl methyl sites for hydroxylation is 2. The molecular formula is C20H19ClN4O. The number of amides is 1. The Labute approximate surface area is 157 Å². The molecule has 0 saturated heterocycles. The van der Waals surface area contributed by atoms with Crippen molar-refractivity contribution in [2.45, 2.75) is 20.4 Å². The molecule has 0 bridgehead atoms. The van der Waals surface area contributed by atoms with Gasteiger partial charge in [0.1, 0.15) is 0 Å². The average molecular weight is 367 g/mol. The summed E-state index contributed by atoms with van der Waals surface area (Å²) in [6.07, 6.45) is 3.01. The fourth-order valence-corrected chi connectivity index (χ4v) is 2.61. The van der Waals surface area contributed by atoms with Crippen LogP contribution in [-0.2, 0) is 6.54 Å². The number of carbonyl (C=O) groups excluding carboxylic acids is 1. The molecule has 1 amide bonds. The van der Waals surface area contributed by atoms with E-state index in [0.717, 1.165) is 16.8 Å². The predicted molar refractivity (Wildman–Crippen MR) is 104 cm³/mol. The number of hydrogen-bond acceptors (Lipinski definition) is 4. The summed E-state index contributed by atoms with van der Waals surface area (Å²) in [5.41, 5.74) is 4.50. The summed E-state index contributed by atoms with van der Waals surface area (Å²) in [4.78, 5) is 20.6. The Morgan fingerprint density at radius 1 is 1.04 bits per heavy atom. The van der Waals surface area contributed by atoms with Crippen LogP contribution in [0.4, 0.5) is 11.6 Å². The van der Waals surface area contributed by atoms with Gasteiger partial charge in [-0.15, -0.1) is 0 Å². The first-order valence-electron chi connectivity index (χ1n) is 8.20. The van der Waals surface area contributed by atoms with Crippen LogP contribution >= 0.6 is 11.6 Å². The molecule has 2 aromatic carbocycles. The second kappa shape index (κ2) is 7.97. The first-order valence-corrected chi connectivity index (χ1v) is 8.58. The van der Waals surface area contributed by atoms with Crippen LogP contribution in [0.3, 0.4) is 0 Å². The van der Waals surface area contributed by atoms with E-state index in [4.69, 9.17) is 11.6 Å². The molecule has 0 radical (unpaired) electrons. The van der Waals surface area contributed by atoms with Gasteiger partial charge in [-0.25, -0.2) is 9.97 Å². The summed E-state index contributed by atoms with van der Waals surface area (Å²) >= 11 is 5.95. The largest absolute Gasteiger partial charge is 0.348 e. The molecule has 6 heteroatoms. The number of aromatic nitrogens is 2. The SMILES string of the molecule is Cc1ccc(CNC(=O)c2cnc(Nc3ccc(Cl)cc3C)nc2)cc1. The molecule has 1 aromatic heterocycles. The quantitative estimate of drug-likeness (QED) is 0.701. The van der Waals surface area contributed by atoms with Crippen LogP contribution in [0.1, 0.15) is 27.0 Å². The summed E-state index contributed by atoms with van der Waals surface area (Å²) < 4.78 is 0. The van der Waals surface area contributed by atoms with E-state index in [-0.39, 0.29) is 5.91 Å². The molecule has 0 spiro atoms. The minimum absolute atomic E-state index is 0.209. The zero-order valence-electron chi connectivity index (χ0n) is 14.6. The number of nitrogens with one attached hydrogen (secondary N) is 2. The van der Waals surface area contributed by atoms with E-state index in [0.29, 0.717) is 23.1 Å². The van der Waals surface area contributed by atoms with Crippen molar-refractivity contribution in [1.29, 1.82) is 0 Å². The highest BCUT2D eigenvalue weighted by Crippen LogP contribution is 2.21. The molecule has 1 heterocycles. The molecule has 0 unspecified atom stereocenters. The third-order valence-corrected chi connectivity index (χ3v) is 4.16. The molecule has 2 N–H and O–H groups in total. The van der Waals surface area contributed by atoms with Crippen molar-refractivity contribution >= 4 is 29.1 Å². The van der Waals surface area contributed by atoms with E-state index >= 15 is 0 Å². The predicted octanol–water partition coefficient (Wildman–Crippen LogP) is 4.42. The molecule has 3 aromatic rings. The van der Waals surface area contributed by atoms with Crippen LogP contribution in [0, 0.1) is 13.8 Å². The first-order chi connectivity index (χ1) is 12.5. The number of anilines is 2. The number of hydrogen-bond donors (Lipinski definition) is 2. The van der Waals surface area contributed by atoms with Crippen LogP contribution in [0.2, 0.25) is 5.02 Å². The minimum atomic E-state index is -0.209. The highest BCUT2D eigenvalue weighted by Gasteiger charge is 2.08. The van der Waals surface area contributed by atoms with Crippen molar-refractivity contribution in [3.8, 4) is 0 Å². The second-order valence-electron chi connectivity index (χ2n) is 6.05. The van der Waals surface area contributed by atoms with E-state index in [1.165, 1.54) is 18.0 Å². The van der Waals surface area contributed by atoms with Gasteiger partial charge in [-0.05, 0) is 43.2 Å². The highest BCUT2D eigenvalue weighted by molar-refractivity contribution is 6.30. The van der Waals surface area contributed by atoms with Gasteiger partial charge in [-0.2, -0.15) is 0 Å². The van der Waals surface area contributed by atoms with Crippen LogP contribution in [0.5, 0.6) is 0 Å². The van der Waals surface area contributed by atoms with Gasteiger partial charge in [0, 0.05) is 29.6 Å². The van der Waals surface area contributed by atoms with E-state index in [2.05, 4.69) is 20.6 Å². The molecule has 0 atom stereocenters. The summed E-state index contributed by atoms with van der Waals surface area (Å²) in [5.74, 6) is 0.213. The topological polar surface area (TPSA) is 66.9 Å². The van der Waals surface area contributed by atoms with E-state index < -0.39 is 0 Å². The van der Waals surface area contributed by atoms with Gasteiger partial charge >= 0.3 is 0 Å². The zero-order chi connectivity index (χ0) is 18.5. The summed E-state index contributed by atoms with van der Waals surface area (Å²) in [5, 5.41) is 6.66. The molecule has 0 aliphatic heterocycles. The van der Waals surface area contributed by atoms with Crippen molar-refractivity contribution in [3.63, 3.8) is 0 Å². The van der Waals surface area contributed by atoms with Crippen molar-refractivity contribution in [1.82, 2.24) is 15.3 Å². The molecule has 26 heavy (non-hydrogen) atoms. The summed E-state index contributed by atoms with van der Waals surface area (Å²) in [6, 6.07) is 13.5. The van der Waals surface area contributed by atoms with Crippen molar-refractivity contribution < 1.29 is 4.79 Å². The van der Waals surface area contributed by atoms with Crippen LogP contribution < -0.4 is 10.6 Å². The Hall–Kier alpha value is -2.92. The summed E-state index contributed by atoms with van der Waals surface area (Å²) in [7, 11) is 0. The number of rotatable bonds is 5. The van der Waals surface area contributed by atoms with Crippen LogP contribution in [0.25, 0.3) is 0 Å². The average Bonchev–Trinajstić information content (AvgIpc) is 2.64. The molecule has 0 aliphatic carbocycles. The molecule has 0 saturated carbocycles. The molecule has 132 valence electrons. The van der Waals surface area contributed by atoms with Crippen LogP contribution in [-0.4, -0.2) is 15.9 Å². The van der Waals surface area contributed by atoms with Gasteiger partial charge in [0.2, 0.25) is 5.95 Å². The lowest BCUT2D eigenvalue weighted by atomic mass is 10.1. The number of benzene rings is 2. The van der Waals surface area contributed by atoms with E-state index in [1.807, 2.05) is 50.2 Å². The van der Waals surface area contributed by atoms with Gasteiger partial charge in [0.15, 0.2) is 0 Å². The molecule has 0 aliphatic rings. The van der Waals surface area contributed by atoms with Crippen molar-refractivity contribution in [3.05, 3.63) is 82.1 Å². The molecule has 5 nitrogen and oxygen atoms in total. The number of halogens is 1. The third-order valence-electron chi connectivity index (χ3n) is 3.92. The number of nitrogens with zero attached hydrogens (tertiary/aromatic N) is 2. The molecule has 0 fully saturated rings. The van der Waals surface area contributed by atoms with Crippen LogP contribution in [0.15, 0.2) is 54.9 Å². The maximum absolute atomic E-state index is 12.2. The zero-order valence-corrected chi connectivity index (χ0v) is 15.3. The normalized spacial score (nSPS) is 10.4. The lowest BCUT2D eigenvalue weighted by Crippen LogP contribution is -2.23. The Balaban J connectivity index is 1.61. The summed E-state index contributed by atoms with van der Waals surface area (Å²) in [6.45, 7) is 4.44. The lowest BCUT2D eigenvalue weighted by Gasteiger charge is -2.09. The lowest BCUT2D eigenvalue weighted by molar-refractivity contribution is 0.0950. The monoisotopic (exact) mass is 366 g/mol. The number of carbonyl (C=O) groups is 1. The Morgan fingerprint density at radius 3 is 2.38 bits per heavy atom. The second-order valence-corrected chi connectivity index (χ2v) is 6.48. The van der Waals surface area contributed by atoms with Gasteiger partial charge in [-0.1, -0.05) is 41.4 Å². The van der Waals surface area contributed by atoms with Gasteiger partial charge in [-0.3, -0.25) is 4.79 Å². The molecule has 3 rings (SSSR count). The van der Waals surface area contributed by atoms with Gasteiger partial charge < -0.3 is 10.6 Å². The van der Waals surface area contributed by atoms with E-state index in [1.54, 1.807) is 6.07 Å². The van der Waals surface area contributed by atoms with E-state index in [9.17, 15) is 4.79 Å². The fourth-order valence-electron chi connectivity index (χ4n) is 2.39. The van der Waals surface area contributed by atoms with Crippen molar-refractivity contribution in [2.75, 3.05) is 5.32 Å². The first kappa shape index (κ1) is 17.9. The highest BCUT2D eigenvalue weighted by atomic mass is 35.5. The Kier molecular flexibility index (Phi) is 5.49. The fraction of sp³-hybridized carbons (Fsp3) is 0.150. The van der Waals surface area contributed by atoms with Gasteiger partial charge in [0.05, 0.1) is 5.56 Å². The molecular weight excluding hydrogens is 348 g/mol. The Morgan fingerprint density at radius 2 is 1.73 bits per heavy atom. The standard InChI is InChI=1S/C20H19ClN4O/c1-13-3-5-15(6-4-13)10-22-19(26)16-11-23-20(24-12-16)25-18-8-7-17(21)9-14(18)2/h3-9,11-12H,10H2,1-2H3,(H,22,26)(H,23,24,25). The minimum Gasteiger partial charge on any atom is -0.348 e. The maximum Gasteiger partial charge on any atom is 0.254 e. The van der Waals surface area contributed by atoms with Gasteiger partial charge in [0.25, 0.3) is 5.91 Å². The smallest absolute Gasteiger partial charge is 0.254 e. The Bertz CT molecular complexity index is 908.